The first-order valence-electron chi connectivity index (χ1n) is 6.77. The molecule has 0 heterocycles. The molecule has 0 bridgehead atoms. The molecule has 0 spiro atoms. The third-order valence-electron chi connectivity index (χ3n) is 3.91. The molecule has 2 nitrogen and oxygen atoms in total. The predicted molar refractivity (Wildman–Crippen MR) is 76.7 cm³/mol. The molecule has 1 aliphatic carbocycles. The molecule has 2 rings (SSSR count). The molecule has 0 radical (unpaired) electrons. The van der Waals surface area contributed by atoms with E-state index in [0.717, 1.165) is 29.2 Å². The Morgan fingerprint density at radius 2 is 2.06 bits per heavy atom. The van der Waals surface area contributed by atoms with Crippen molar-refractivity contribution in [3.05, 3.63) is 27.8 Å². The number of nitrogens with two attached hydrogens (primary N) is 1. The maximum Gasteiger partial charge on any atom is 0.141 e. The second kappa shape index (κ2) is 5.94. The lowest BCUT2D eigenvalue weighted by molar-refractivity contribution is 0.406. The van der Waals surface area contributed by atoms with Crippen LogP contribution in [0.15, 0.2) is 6.07 Å². The third kappa shape index (κ3) is 2.50. The Labute approximate surface area is 114 Å². The Balaban J connectivity index is 2.54. The number of rotatable bonds is 3. The number of halogens is 1. The van der Waals surface area contributed by atoms with E-state index in [0.29, 0.717) is 6.54 Å². The van der Waals surface area contributed by atoms with E-state index in [1.54, 1.807) is 7.11 Å². The second-order valence-corrected chi connectivity index (χ2v) is 5.53. The molecule has 1 aromatic rings. The number of methoxy groups -OCH3 is 1. The van der Waals surface area contributed by atoms with Crippen molar-refractivity contribution in [2.24, 2.45) is 5.73 Å². The summed E-state index contributed by atoms with van der Waals surface area (Å²) in [5.74, 6) is 1.11. The molecule has 1 aliphatic rings. The monoisotopic (exact) mass is 267 g/mol. The fraction of sp³-hybridized carbons (Fsp3) is 0.600. The number of hydrogen-bond acceptors (Lipinski definition) is 2. The van der Waals surface area contributed by atoms with Crippen LogP contribution in [0.4, 0.5) is 0 Å². The quantitative estimate of drug-likeness (QED) is 0.848. The van der Waals surface area contributed by atoms with E-state index in [1.807, 2.05) is 0 Å². The van der Waals surface area contributed by atoms with Gasteiger partial charge in [0.1, 0.15) is 5.75 Å². The van der Waals surface area contributed by atoms with Crippen molar-refractivity contribution in [1.29, 1.82) is 0 Å². The van der Waals surface area contributed by atoms with E-state index >= 15 is 0 Å². The summed E-state index contributed by atoms with van der Waals surface area (Å²) in [6.07, 6.45) is 5.97. The van der Waals surface area contributed by atoms with Crippen LogP contribution in [0.1, 0.15) is 48.8 Å². The Morgan fingerprint density at radius 1 is 1.33 bits per heavy atom. The van der Waals surface area contributed by atoms with Crippen LogP contribution in [-0.4, -0.2) is 13.7 Å². The van der Waals surface area contributed by atoms with Crippen molar-refractivity contribution in [2.45, 2.75) is 44.9 Å². The Kier molecular flexibility index (Phi) is 4.52. The Bertz CT molecular complexity index is 431. The lowest BCUT2D eigenvalue weighted by Gasteiger charge is -2.20. The molecule has 0 amide bonds. The van der Waals surface area contributed by atoms with Gasteiger partial charge in [0.05, 0.1) is 12.1 Å². The van der Waals surface area contributed by atoms with Crippen molar-refractivity contribution in [3.8, 4) is 5.75 Å². The lowest BCUT2D eigenvalue weighted by Crippen LogP contribution is -2.11. The average molecular weight is 268 g/mol. The molecule has 18 heavy (non-hydrogen) atoms. The van der Waals surface area contributed by atoms with Crippen LogP contribution in [0.3, 0.4) is 0 Å². The van der Waals surface area contributed by atoms with Crippen molar-refractivity contribution in [3.63, 3.8) is 0 Å². The normalized spacial score (nSPS) is 16.9. The summed E-state index contributed by atoms with van der Waals surface area (Å²) in [6.45, 7) is 2.74. The fourth-order valence-electron chi connectivity index (χ4n) is 2.73. The van der Waals surface area contributed by atoms with Gasteiger partial charge >= 0.3 is 0 Å². The molecular formula is C15H22ClNO. The smallest absolute Gasteiger partial charge is 0.141 e. The molecule has 0 aromatic heterocycles. The predicted octanol–water partition coefficient (Wildman–Crippen LogP) is 3.68. The van der Waals surface area contributed by atoms with Gasteiger partial charge < -0.3 is 10.5 Å². The van der Waals surface area contributed by atoms with E-state index in [2.05, 4.69) is 13.0 Å². The molecule has 1 unspecified atom stereocenters. The molecule has 0 aliphatic heterocycles. The van der Waals surface area contributed by atoms with E-state index in [4.69, 9.17) is 22.1 Å². The highest BCUT2D eigenvalue weighted by Crippen LogP contribution is 2.40. The zero-order valence-electron chi connectivity index (χ0n) is 11.3. The SMILES string of the molecule is COc1c(C(C)CN)cc2c(c1Cl)CCCCC2. The summed E-state index contributed by atoms with van der Waals surface area (Å²) in [5, 5.41) is 0.812. The van der Waals surface area contributed by atoms with Crippen molar-refractivity contribution >= 4 is 11.6 Å². The van der Waals surface area contributed by atoms with Crippen molar-refractivity contribution in [2.75, 3.05) is 13.7 Å². The number of aryl methyl sites for hydroxylation is 1. The highest BCUT2D eigenvalue weighted by atomic mass is 35.5. The molecule has 0 saturated carbocycles. The average Bonchev–Trinajstić information content (AvgIpc) is 2.63. The summed E-state index contributed by atoms with van der Waals surface area (Å²) < 4.78 is 5.52. The first-order chi connectivity index (χ1) is 8.69. The van der Waals surface area contributed by atoms with Crippen LogP contribution >= 0.6 is 11.6 Å². The summed E-state index contributed by atoms with van der Waals surface area (Å²) >= 11 is 6.54. The minimum atomic E-state index is 0.283. The number of benzene rings is 1. The maximum atomic E-state index is 6.54. The van der Waals surface area contributed by atoms with Crippen molar-refractivity contribution < 1.29 is 4.74 Å². The van der Waals surface area contributed by atoms with Gasteiger partial charge in [-0.3, -0.25) is 0 Å². The summed E-state index contributed by atoms with van der Waals surface area (Å²) in [7, 11) is 1.69. The first kappa shape index (κ1) is 13.7. The first-order valence-corrected chi connectivity index (χ1v) is 7.15. The zero-order chi connectivity index (χ0) is 13.1. The van der Waals surface area contributed by atoms with Crippen LogP contribution in [0.5, 0.6) is 5.75 Å². The Morgan fingerprint density at radius 3 is 2.72 bits per heavy atom. The molecule has 3 heteroatoms. The number of fused-ring (bicyclic) bond motifs is 1. The molecule has 100 valence electrons. The highest BCUT2D eigenvalue weighted by Gasteiger charge is 2.21. The van der Waals surface area contributed by atoms with E-state index in [9.17, 15) is 0 Å². The van der Waals surface area contributed by atoms with Crippen LogP contribution in [-0.2, 0) is 12.8 Å². The molecule has 1 atom stereocenters. The van der Waals surface area contributed by atoms with E-state index in [1.165, 1.54) is 30.4 Å². The topological polar surface area (TPSA) is 35.2 Å². The number of ether oxygens (including phenoxy) is 1. The minimum Gasteiger partial charge on any atom is -0.495 e. The van der Waals surface area contributed by atoms with Gasteiger partial charge in [-0.25, -0.2) is 0 Å². The van der Waals surface area contributed by atoms with Gasteiger partial charge in [-0.15, -0.1) is 0 Å². The summed E-state index contributed by atoms with van der Waals surface area (Å²) in [4.78, 5) is 0. The zero-order valence-corrected chi connectivity index (χ0v) is 12.0. The minimum absolute atomic E-state index is 0.283. The van der Waals surface area contributed by atoms with Gasteiger partial charge in [-0.05, 0) is 49.3 Å². The van der Waals surface area contributed by atoms with Crippen molar-refractivity contribution in [1.82, 2.24) is 0 Å². The summed E-state index contributed by atoms with van der Waals surface area (Å²) in [5.41, 5.74) is 9.63. The van der Waals surface area contributed by atoms with Crippen LogP contribution in [0.2, 0.25) is 5.02 Å². The molecule has 2 N–H and O–H groups in total. The van der Waals surface area contributed by atoms with E-state index < -0.39 is 0 Å². The maximum absolute atomic E-state index is 6.54. The van der Waals surface area contributed by atoms with Gasteiger partial charge in [0, 0.05) is 5.56 Å². The van der Waals surface area contributed by atoms with Gasteiger partial charge in [-0.2, -0.15) is 0 Å². The summed E-state index contributed by atoms with van der Waals surface area (Å²) in [6, 6.07) is 2.27. The van der Waals surface area contributed by atoms with Crippen LogP contribution in [0, 0.1) is 0 Å². The molecule has 1 aromatic carbocycles. The second-order valence-electron chi connectivity index (χ2n) is 5.15. The highest BCUT2D eigenvalue weighted by molar-refractivity contribution is 6.33. The number of hydrogen-bond donors (Lipinski definition) is 1. The Hall–Kier alpha value is -0.730. The van der Waals surface area contributed by atoms with Crippen LogP contribution < -0.4 is 10.5 Å². The van der Waals surface area contributed by atoms with E-state index in [-0.39, 0.29) is 5.92 Å². The van der Waals surface area contributed by atoms with Gasteiger partial charge in [0.25, 0.3) is 0 Å². The lowest BCUT2D eigenvalue weighted by atomic mass is 9.93. The van der Waals surface area contributed by atoms with Gasteiger partial charge in [0.15, 0.2) is 0 Å². The van der Waals surface area contributed by atoms with Gasteiger partial charge in [0.2, 0.25) is 0 Å². The largest absolute Gasteiger partial charge is 0.495 e. The molecular weight excluding hydrogens is 246 g/mol. The van der Waals surface area contributed by atoms with Crippen LogP contribution in [0.25, 0.3) is 0 Å². The fourth-order valence-corrected chi connectivity index (χ4v) is 3.14. The van der Waals surface area contributed by atoms with Gasteiger partial charge in [-0.1, -0.05) is 31.0 Å². The standard InChI is InChI=1S/C15H22ClNO/c1-10(9-17)13-8-11-6-4-3-5-7-12(11)14(16)15(13)18-2/h8,10H,3-7,9,17H2,1-2H3. The molecule has 0 fully saturated rings. The third-order valence-corrected chi connectivity index (χ3v) is 4.31. The molecule has 0 saturated heterocycles.